The monoisotopic (exact) mass is 243 g/mol. The van der Waals surface area contributed by atoms with E-state index in [1.165, 1.54) is 7.05 Å². The minimum absolute atomic E-state index is 0.376. The molecule has 15 heavy (non-hydrogen) atoms. The minimum Gasteiger partial charge on any atom is -0.264 e. The molecule has 0 N–H and O–H groups in total. The third kappa shape index (κ3) is 2.38. The summed E-state index contributed by atoms with van der Waals surface area (Å²) in [6.07, 6.45) is -4.74. The van der Waals surface area contributed by atoms with E-state index < -0.39 is 28.9 Å². The van der Waals surface area contributed by atoms with Crippen molar-refractivity contribution in [1.82, 2.24) is 9.78 Å². The first-order chi connectivity index (χ1) is 6.73. The molecule has 1 aromatic rings. The first kappa shape index (κ1) is 11.8. The highest BCUT2D eigenvalue weighted by Crippen LogP contribution is 2.34. The lowest BCUT2D eigenvalue weighted by Gasteiger charge is -2.02. The molecule has 0 amide bonds. The van der Waals surface area contributed by atoms with Crippen molar-refractivity contribution >= 4 is 11.6 Å². The van der Waals surface area contributed by atoms with Crippen molar-refractivity contribution in [3.63, 3.8) is 0 Å². The third-order valence-corrected chi connectivity index (χ3v) is 2.10. The summed E-state index contributed by atoms with van der Waals surface area (Å²) in [4.78, 5) is 9.26. The van der Waals surface area contributed by atoms with Gasteiger partial charge in [-0.05, 0) is 0 Å². The number of aryl methyl sites for hydroxylation is 1. The van der Waals surface area contributed by atoms with Crippen LogP contribution in [0.25, 0.3) is 0 Å². The largest absolute Gasteiger partial charge is 0.435 e. The van der Waals surface area contributed by atoms with Crippen molar-refractivity contribution in [2.75, 3.05) is 0 Å². The van der Waals surface area contributed by atoms with Crippen LogP contribution in [0.15, 0.2) is 0 Å². The summed E-state index contributed by atoms with van der Waals surface area (Å²) in [7, 11) is 1.18. The van der Waals surface area contributed by atoms with Gasteiger partial charge in [0.15, 0.2) is 5.69 Å². The second-order valence-electron chi connectivity index (χ2n) is 2.73. The van der Waals surface area contributed by atoms with Gasteiger partial charge in [-0.1, -0.05) is 11.6 Å². The van der Waals surface area contributed by atoms with Crippen LogP contribution in [0.5, 0.6) is 0 Å². The molecule has 0 spiro atoms. The quantitative estimate of drug-likeness (QED) is 0.588. The average molecular weight is 244 g/mol. The Bertz CT molecular complexity index is 401. The molecule has 1 rings (SSSR count). The number of halogens is 4. The molecule has 0 aromatic carbocycles. The van der Waals surface area contributed by atoms with E-state index >= 15 is 0 Å². The number of hydrogen-bond acceptors (Lipinski definition) is 3. The summed E-state index contributed by atoms with van der Waals surface area (Å²) < 4.78 is 37.8. The molecule has 0 saturated carbocycles. The zero-order valence-electron chi connectivity index (χ0n) is 7.38. The molecule has 0 aliphatic heterocycles. The Kier molecular flexibility index (Phi) is 2.89. The fourth-order valence-corrected chi connectivity index (χ4v) is 1.23. The molecule has 5 nitrogen and oxygen atoms in total. The smallest absolute Gasteiger partial charge is 0.264 e. The Morgan fingerprint density at radius 3 is 2.53 bits per heavy atom. The van der Waals surface area contributed by atoms with Crippen LogP contribution in [0.1, 0.15) is 11.3 Å². The van der Waals surface area contributed by atoms with Gasteiger partial charge in [0, 0.05) is 12.0 Å². The number of nitro groups is 1. The van der Waals surface area contributed by atoms with E-state index in [-0.39, 0.29) is 5.15 Å². The molecule has 1 aromatic heterocycles. The highest BCUT2D eigenvalue weighted by molar-refractivity contribution is 6.30. The summed E-state index contributed by atoms with van der Waals surface area (Å²) >= 11 is 5.46. The normalized spacial score (nSPS) is 11.8. The molecule has 9 heteroatoms. The Morgan fingerprint density at radius 2 is 2.13 bits per heavy atom. The lowest BCUT2D eigenvalue weighted by molar-refractivity contribution is -0.497. The van der Waals surface area contributed by atoms with Crippen molar-refractivity contribution in [2.24, 2.45) is 7.05 Å². The van der Waals surface area contributed by atoms with Gasteiger partial charge in [0.25, 0.3) is 0 Å². The Labute approximate surface area is 86.6 Å². The summed E-state index contributed by atoms with van der Waals surface area (Å²) in [5.74, 6) is 0. The van der Waals surface area contributed by atoms with Crippen LogP contribution in [0, 0.1) is 10.1 Å². The van der Waals surface area contributed by atoms with Gasteiger partial charge < -0.3 is 0 Å². The van der Waals surface area contributed by atoms with Crippen molar-refractivity contribution in [2.45, 2.75) is 12.7 Å². The molecular weight excluding hydrogens is 239 g/mol. The SMILES string of the molecule is Cn1nc(C(F)(F)F)c(C[N+](=O)[O-])c1Cl. The average Bonchev–Trinajstić information content (AvgIpc) is 2.30. The van der Waals surface area contributed by atoms with E-state index in [4.69, 9.17) is 11.6 Å². The van der Waals surface area contributed by atoms with Gasteiger partial charge >= 0.3 is 6.18 Å². The highest BCUT2D eigenvalue weighted by Gasteiger charge is 2.40. The Balaban J connectivity index is 3.27. The third-order valence-electron chi connectivity index (χ3n) is 1.62. The zero-order valence-corrected chi connectivity index (χ0v) is 8.13. The predicted octanol–water partition coefficient (Wildman–Crippen LogP) is 1.87. The van der Waals surface area contributed by atoms with Gasteiger partial charge in [-0.2, -0.15) is 18.3 Å². The minimum atomic E-state index is -4.74. The molecule has 0 bridgehead atoms. The zero-order chi connectivity index (χ0) is 11.8. The standard InChI is InChI=1S/C6H5ClF3N3O2/c1-12-5(7)3(2-13(14)15)4(11-12)6(8,9)10/h2H2,1H3. The van der Waals surface area contributed by atoms with Crippen LogP contribution in [0.3, 0.4) is 0 Å². The van der Waals surface area contributed by atoms with Crippen molar-refractivity contribution in [1.29, 1.82) is 0 Å². The number of hydrogen-bond donors (Lipinski definition) is 0. The van der Waals surface area contributed by atoms with E-state index in [0.29, 0.717) is 0 Å². The fourth-order valence-electron chi connectivity index (χ4n) is 1.04. The van der Waals surface area contributed by atoms with Gasteiger partial charge in [-0.15, -0.1) is 0 Å². The van der Waals surface area contributed by atoms with E-state index in [1.54, 1.807) is 0 Å². The number of nitrogens with zero attached hydrogens (tertiary/aromatic N) is 3. The molecule has 84 valence electrons. The van der Waals surface area contributed by atoms with Gasteiger partial charge in [0.05, 0.1) is 5.56 Å². The highest BCUT2D eigenvalue weighted by atomic mass is 35.5. The van der Waals surface area contributed by atoms with Gasteiger partial charge in [-0.3, -0.25) is 14.8 Å². The van der Waals surface area contributed by atoms with Crippen LogP contribution < -0.4 is 0 Å². The molecule has 0 radical (unpaired) electrons. The summed E-state index contributed by atoms with van der Waals surface area (Å²) in [6.45, 7) is -0.998. The lowest BCUT2D eigenvalue weighted by atomic mass is 10.2. The Hall–Kier alpha value is -1.31. The molecule has 1 heterocycles. The van der Waals surface area contributed by atoms with Gasteiger partial charge in [0.2, 0.25) is 6.54 Å². The molecule has 0 unspecified atom stereocenters. The molecule has 0 aliphatic carbocycles. The van der Waals surface area contributed by atoms with Crippen LogP contribution in [-0.2, 0) is 19.8 Å². The van der Waals surface area contributed by atoms with Crippen molar-refractivity contribution in [3.05, 3.63) is 26.5 Å². The Morgan fingerprint density at radius 1 is 1.60 bits per heavy atom. The fraction of sp³-hybridized carbons (Fsp3) is 0.500. The number of rotatable bonds is 2. The molecule has 0 saturated heterocycles. The maximum absolute atomic E-state index is 12.3. The maximum atomic E-state index is 12.3. The van der Waals surface area contributed by atoms with Crippen LogP contribution in [-0.4, -0.2) is 14.7 Å². The van der Waals surface area contributed by atoms with E-state index in [9.17, 15) is 23.3 Å². The maximum Gasteiger partial charge on any atom is 0.435 e. The first-order valence-electron chi connectivity index (χ1n) is 3.64. The summed E-state index contributed by atoms with van der Waals surface area (Å²) in [5, 5.41) is 12.9. The van der Waals surface area contributed by atoms with Crippen LogP contribution >= 0.6 is 11.6 Å². The van der Waals surface area contributed by atoms with E-state index in [2.05, 4.69) is 5.10 Å². The van der Waals surface area contributed by atoms with Crippen molar-refractivity contribution in [3.8, 4) is 0 Å². The number of alkyl halides is 3. The molecular formula is C6H5ClF3N3O2. The second kappa shape index (κ2) is 3.69. The summed E-state index contributed by atoms with van der Waals surface area (Å²) in [5.41, 5.74) is -1.93. The number of aromatic nitrogens is 2. The summed E-state index contributed by atoms with van der Waals surface area (Å²) in [6, 6.07) is 0. The molecule has 0 aliphatic rings. The predicted molar refractivity (Wildman–Crippen MR) is 43.9 cm³/mol. The topological polar surface area (TPSA) is 61.0 Å². The van der Waals surface area contributed by atoms with E-state index in [1.807, 2.05) is 0 Å². The molecule has 0 atom stereocenters. The molecule has 0 fully saturated rings. The lowest BCUT2D eigenvalue weighted by Crippen LogP contribution is -2.11. The second-order valence-corrected chi connectivity index (χ2v) is 3.09. The first-order valence-corrected chi connectivity index (χ1v) is 4.01. The van der Waals surface area contributed by atoms with Crippen LogP contribution in [0.4, 0.5) is 13.2 Å². The van der Waals surface area contributed by atoms with Crippen molar-refractivity contribution < 1.29 is 18.1 Å². The van der Waals surface area contributed by atoms with Gasteiger partial charge in [-0.25, -0.2) is 0 Å². The van der Waals surface area contributed by atoms with E-state index in [0.717, 1.165) is 4.68 Å². The van der Waals surface area contributed by atoms with Gasteiger partial charge in [0.1, 0.15) is 5.15 Å². The van der Waals surface area contributed by atoms with Crippen LogP contribution in [0.2, 0.25) is 5.15 Å².